The lowest BCUT2D eigenvalue weighted by Gasteiger charge is -2.04. The summed E-state index contributed by atoms with van der Waals surface area (Å²) in [6.07, 6.45) is 0. The van der Waals surface area contributed by atoms with E-state index in [2.05, 4.69) is 10.6 Å². The lowest BCUT2D eigenvalue weighted by atomic mass is 10.2. The van der Waals surface area contributed by atoms with Crippen molar-refractivity contribution < 1.29 is 14.3 Å². The van der Waals surface area contributed by atoms with E-state index < -0.39 is 0 Å². The Hall–Kier alpha value is -1.18. The summed E-state index contributed by atoms with van der Waals surface area (Å²) in [5.74, 6) is 0.105. The molecule has 0 radical (unpaired) electrons. The summed E-state index contributed by atoms with van der Waals surface area (Å²) in [6, 6.07) is 0. The zero-order chi connectivity index (χ0) is 15.1. The van der Waals surface area contributed by atoms with E-state index in [1.165, 1.54) is 6.92 Å². The quantitative estimate of drug-likeness (QED) is 0.416. The second-order valence-corrected chi connectivity index (χ2v) is 4.12. The van der Waals surface area contributed by atoms with Crippen LogP contribution in [-0.2, 0) is 14.3 Å². The number of carbonyl (C=O) groups is 2. The Kier molecular flexibility index (Phi) is 15.8. The second-order valence-electron chi connectivity index (χ2n) is 4.12. The van der Waals surface area contributed by atoms with Crippen LogP contribution in [0.3, 0.4) is 0 Å². The first-order valence-electron chi connectivity index (χ1n) is 6.45. The van der Waals surface area contributed by atoms with Crippen molar-refractivity contribution in [2.75, 3.05) is 39.4 Å². The molecule has 0 aromatic heterocycles. The topological polar surface area (TPSA) is 119 Å². The predicted octanol–water partition coefficient (Wildman–Crippen LogP) is -1.18. The monoisotopic (exact) mass is 276 g/mol. The summed E-state index contributed by atoms with van der Waals surface area (Å²) < 4.78 is 4.99. The van der Waals surface area contributed by atoms with Crippen LogP contribution in [0.4, 0.5) is 0 Å². The van der Waals surface area contributed by atoms with E-state index in [9.17, 15) is 9.59 Å². The lowest BCUT2D eigenvalue weighted by molar-refractivity contribution is -0.124. The molecule has 7 heteroatoms. The molecule has 2 amide bonds. The Labute approximate surface area is 115 Å². The Bertz CT molecular complexity index is 235. The maximum atomic E-state index is 10.7. The zero-order valence-electron chi connectivity index (χ0n) is 12.2. The minimum Gasteiger partial charge on any atom is -0.378 e. The Morgan fingerprint density at radius 2 is 1.68 bits per heavy atom. The van der Waals surface area contributed by atoms with Crippen LogP contribution in [0.5, 0.6) is 0 Å². The molecule has 6 N–H and O–H groups in total. The van der Waals surface area contributed by atoms with Gasteiger partial charge < -0.3 is 26.8 Å². The number of carbonyl (C=O) groups excluding carboxylic acids is 2. The number of nitrogens with two attached hydrogens (primary N) is 2. The van der Waals surface area contributed by atoms with E-state index in [0.717, 1.165) is 0 Å². The van der Waals surface area contributed by atoms with Crippen LogP contribution >= 0.6 is 0 Å². The number of rotatable bonds is 8. The first-order chi connectivity index (χ1) is 8.95. The van der Waals surface area contributed by atoms with Crippen LogP contribution in [0.1, 0.15) is 20.8 Å². The first kappa shape index (κ1) is 20.1. The summed E-state index contributed by atoms with van der Waals surface area (Å²) in [5, 5.41) is 5.27. The van der Waals surface area contributed by atoms with Crippen molar-refractivity contribution in [1.29, 1.82) is 0 Å². The maximum Gasteiger partial charge on any atom is 0.222 e. The average molecular weight is 276 g/mol. The minimum absolute atomic E-state index is 0.0312. The molecule has 0 aliphatic carbocycles. The molecule has 0 aliphatic heterocycles. The zero-order valence-corrected chi connectivity index (χ0v) is 12.2. The SMILES string of the molecule is CC(=O)NCCOCCN.CC(C)C(=O)NCCN. The van der Waals surface area contributed by atoms with Crippen molar-refractivity contribution in [2.45, 2.75) is 20.8 Å². The molecular formula is C12H28N4O3. The van der Waals surface area contributed by atoms with Crippen molar-refractivity contribution in [3.8, 4) is 0 Å². The summed E-state index contributed by atoms with van der Waals surface area (Å²) in [7, 11) is 0. The van der Waals surface area contributed by atoms with Crippen molar-refractivity contribution in [3.63, 3.8) is 0 Å². The van der Waals surface area contributed by atoms with Gasteiger partial charge in [-0.3, -0.25) is 9.59 Å². The van der Waals surface area contributed by atoms with Gasteiger partial charge in [0.1, 0.15) is 0 Å². The van der Waals surface area contributed by atoms with Crippen molar-refractivity contribution in [3.05, 3.63) is 0 Å². The van der Waals surface area contributed by atoms with Gasteiger partial charge in [-0.15, -0.1) is 0 Å². The molecule has 19 heavy (non-hydrogen) atoms. The fourth-order valence-corrected chi connectivity index (χ4v) is 0.884. The third-order valence-electron chi connectivity index (χ3n) is 1.85. The Morgan fingerprint density at radius 1 is 1.05 bits per heavy atom. The molecule has 0 spiro atoms. The van der Waals surface area contributed by atoms with Gasteiger partial charge >= 0.3 is 0 Å². The van der Waals surface area contributed by atoms with Crippen LogP contribution in [0, 0.1) is 5.92 Å². The fraction of sp³-hybridized carbons (Fsp3) is 0.833. The van der Waals surface area contributed by atoms with Crippen molar-refractivity contribution >= 4 is 11.8 Å². The molecule has 0 saturated heterocycles. The van der Waals surface area contributed by atoms with Crippen LogP contribution in [0.2, 0.25) is 0 Å². The van der Waals surface area contributed by atoms with Crippen LogP contribution < -0.4 is 22.1 Å². The molecule has 0 bridgehead atoms. The molecular weight excluding hydrogens is 248 g/mol. The fourth-order valence-electron chi connectivity index (χ4n) is 0.884. The van der Waals surface area contributed by atoms with E-state index in [1.807, 2.05) is 13.8 Å². The first-order valence-corrected chi connectivity index (χ1v) is 6.45. The van der Waals surface area contributed by atoms with Gasteiger partial charge in [-0.1, -0.05) is 13.8 Å². The van der Waals surface area contributed by atoms with E-state index in [4.69, 9.17) is 16.2 Å². The number of hydrogen-bond acceptors (Lipinski definition) is 5. The second kappa shape index (κ2) is 14.9. The van der Waals surface area contributed by atoms with Gasteiger partial charge in [-0.05, 0) is 0 Å². The molecule has 114 valence electrons. The van der Waals surface area contributed by atoms with Crippen molar-refractivity contribution in [2.24, 2.45) is 17.4 Å². The van der Waals surface area contributed by atoms with Crippen LogP contribution in [-0.4, -0.2) is 51.2 Å². The molecule has 0 unspecified atom stereocenters. The molecule has 0 heterocycles. The van der Waals surface area contributed by atoms with Gasteiger partial charge in [0.2, 0.25) is 11.8 Å². The largest absolute Gasteiger partial charge is 0.378 e. The normalized spacial score (nSPS) is 9.58. The highest BCUT2D eigenvalue weighted by Crippen LogP contribution is 1.88. The van der Waals surface area contributed by atoms with Gasteiger partial charge in [0.05, 0.1) is 13.2 Å². The van der Waals surface area contributed by atoms with E-state index in [0.29, 0.717) is 39.4 Å². The number of ether oxygens (including phenoxy) is 1. The number of amides is 2. The standard InChI is InChI=1S/C6H14N2O2.C6H14N2O/c1-6(9)8-3-5-10-4-2-7;1-5(2)6(9)8-4-3-7/h2-5,7H2,1H3,(H,8,9);5H,3-4,7H2,1-2H3,(H,8,9). The maximum absolute atomic E-state index is 10.7. The van der Waals surface area contributed by atoms with Gasteiger partial charge in [-0.25, -0.2) is 0 Å². The molecule has 0 fully saturated rings. The highest BCUT2D eigenvalue weighted by Gasteiger charge is 2.03. The van der Waals surface area contributed by atoms with Crippen LogP contribution in [0.25, 0.3) is 0 Å². The van der Waals surface area contributed by atoms with Crippen molar-refractivity contribution in [1.82, 2.24) is 10.6 Å². The number of hydrogen-bond donors (Lipinski definition) is 4. The van der Waals surface area contributed by atoms with E-state index in [1.54, 1.807) is 0 Å². The molecule has 0 saturated carbocycles. The molecule has 0 aliphatic rings. The van der Waals surface area contributed by atoms with Gasteiger partial charge in [0, 0.05) is 39.0 Å². The molecule has 0 rings (SSSR count). The third-order valence-corrected chi connectivity index (χ3v) is 1.85. The van der Waals surface area contributed by atoms with Gasteiger partial charge in [0.15, 0.2) is 0 Å². The summed E-state index contributed by atoms with van der Waals surface area (Å²) in [6.45, 7) is 8.46. The van der Waals surface area contributed by atoms with Crippen LogP contribution in [0.15, 0.2) is 0 Å². The average Bonchev–Trinajstić information content (AvgIpc) is 2.36. The molecule has 7 nitrogen and oxygen atoms in total. The highest BCUT2D eigenvalue weighted by molar-refractivity contribution is 5.77. The molecule has 0 aromatic rings. The summed E-state index contributed by atoms with van der Waals surface area (Å²) >= 11 is 0. The third kappa shape index (κ3) is 19.3. The summed E-state index contributed by atoms with van der Waals surface area (Å²) in [5.41, 5.74) is 10.3. The highest BCUT2D eigenvalue weighted by atomic mass is 16.5. The van der Waals surface area contributed by atoms with Gasteiger partial charge in [-0.2, -0.15) is 0 Å². The lowest BCUT2D eigenvalue weighted by Crippen LogP contribution is -2.32. The van der Waals surface area contributed by atoms with E-state index >= 15 is 0 Å². The van der Waals surface area contributed by atoms with Gasteiger partial charge in [0.25, 0.3) is 0 Å². The minimum atomic E-state index is -0.0312. The smallest absolute Gasteiger partial charge is 0.222 e. The Morgan fingerprint density at radius 3 is 2.11 bits per heavy atom. The summed E-state index contributed by atoms with van der Waals surface area (Å²) in [4.78, 5) is 21.0. The molecule has 0 atom stereocenters. The number of nitrogens with one attached hydrogen (secondary N) is 2. The Balaban J connectivity index is 0. The molecule has 0 aromatic carbocycles. The predicted molar refractivity (Wildman–Crippen MR) is 75.5 cm³/mol. The van der Waals surface area contributed by atoms with E-state index in [-0.39, 0.29) is 17.7 Å².